The smallest absolute Gasteiger partial charge is 0.179 e. The summed E-state index contributed by atoms with van der Waals surface area (Å²) in [7, 11) is -3.20. The average molecular weight is 310 g/mol. The molecule has 18 heavy (non-hydrogen) atoms. The Labute approximate surface area is 119 Å². The van der Waals surface area contributed by atoms with Crippen molar-refractivity contribution >= 4 is 33.8 Å². The van der Waals surface area contributed by atoms with E-state index in [1.807, 2.05) is 0 Å². The van der Waals surface area contributed by atoms with E-state index >= 15 is 0 Å². The molecular formula is C12H17Cl2NO2S. The Morgan fingerprint density at radius 2 is 1.89 bits per heavy atom. The standard InChI is InChI=1S/C12H16ClNO2S.ClH/c13-10-4-6-12(7-5-10)17(15,16)9-11-3-1-2-8-14-11;/h4-7,11,14H,1-3,8-9H2;1H. The van der Waals surface area contributed by atoms with E-state index in [1.54, 1.807) is 24.3 Å². The maximum atomic E-state index is 12.1. The maximum absolute atomic E-state index is 12.1. The zero-order valence-corrected chi connectivity index (χ0v) is 12.3. The summed E-state index contributed by atoms with van der Waals surface area (Å²) in [6.07, 6.45) is 3.18. The summed E-state index contributed by atoms with van der Waals surface area (Å²) in [6, 6.07) is 6.45. The predicted octanol–water partition coefficient (Wildman–Crippen LogP) is 2.68. The van der Waals surface area contributed by atoms with Crippen LogP contribution < -0.4 is 5.32 Å². The molecule has 1 aromatic rings. The van der Waals surface area contributed by atoms with Crippen LogP contribution >= 0.6 is 24.0 Å². The molecule has 1 aromatic carbocycles. The molecule has 102 valence electrons. The van der Waals surface area contributed by atoms with Crippen molar-refractivity contribution in [2.75, 3.05) is 12.3 Å². The quantitative estimate of drug-likeness (QED) is 0.933. The monoisotopic (exact) mass is 309 g/mol. The lowest BCUT2D eigenvalue weighted by atomic mass is 10.1. The zero-order chi connectivity index (χ0) is 12.3. The Hall–Kier alpha value is -0.290. The average Bonchev–Trinajstić information content (AvgIpc) is 2.30. The van der Waals surface area contributed by atoms with Crippen molar-refractivity contribution in [3.63, 3.8) is 0 Å². The highest BCUT2D eigenvalue weighted by molar-refractivity contribution is 7.91. The molecule has 0 amide bonds. The molecule has 0 spiro atoms. The van der Waals surface area contributed by atoms with Crippen LogP contribution in [0.3, 0.4) is 0 Å². The van der Waals surface area contributed by atoms with E-state index in [2.05, 4.69) is 5.32 Å². The first kappa shape index (κ1) is 15.8. The lowest BCUT2D eigenvalue weighted by Gasteiger charge is -2.23. The van der Waals surface area contributed by atoms with Gasteiger partial charge in [0.1, 0.15) is 0 Å². The van der Waals surface area contributed by atoms with Gasteiger partial charge in [-0.05, 0) is 43.7 Å². The third-order valence-corrected chi connectivity index (χ3v) is 5.09. The van der Waals surface area contributed by atoms with E-state index in [1.165, 1.54) is 0 Å². The van der Waals surface area contributed by atoms with E-state index in [0.717, 1.165) is 25.8 Å². The molecular weight excluding hydrogens is 293 g/mol. The van der Waals surface area contributed by atoms with E-state index < -0.39 is 9.84 Å². The van der Waals surface area contributed by atoms with E-state index in [-0.39, 0.29) is 24.2 Å². The van der Waals surface area contributed by atoms with Crippen LogP contribution in [0.4, 0.5) is 0 Å². The molecule has 0 radical (unpaired) electrons. The van der Waals surface area contributed by atoms with Crippen molar-refractivity contribution in [1.82, 2.24) is 5.32 Å². The molecule has 1 fully saturated rings. The van der Waals surface area contributed by atoms with Crippen LogP contribution in [0.2, 0.25) is 5.02 Å². The number of nitrogens with one attached hydrogen (secondary N) is 1. The first-order chi connectivity index (χ1) is 8.08. The van der Waals surface area contributed by atoms with Gasteiger partial charge in [0.25, 0.3) is 0 Å². The van der Waals surface area contributed by atoms with Gasteiger partial charge in [-0.1, -0.05) is 18.0 Å². The third kappa shape index (κ3) is 4.12. The number of hydrogen-bond acceptors (Lipinski definition) is 3. The summed E-state index contributed by atoms with van der Waals surface area (Å²) in [6.45, 7) is 0.917. The number of sulfone groups is 1. The molecule has 1 aliphatic heterocycles. The number of benzene rings is 1. The van der Waals surface area contributed by atoms with E-state index in [4.69, 9.17) is 11.6 Å². The SMILES string of the molecule is Cl.O=S(=O)(CC1CCCCN1)c1ccc(Cl)cc1. The van der Waals surface area contributed by atoms with Crippen molar-refractivity contribution < 1.29 is 8.42 Å². The predicted molar refractivity (Wildman–Crippen MR) is 76.4 cm³/mol. The lowest BCUT2D eigenvalue weighted by molar-refractivity contribution is 0.423. The molecule has 0 saturated carbocycles. The highest BCUT2D eigenvalue weighted by Crippen LogP contribution is 2.18. The molecule has 1 aliphatic rings. The fourth-order valence-corrected chi connectivity index (χ4v) is 3.75. The topological polar surface area (TPSA) is 46.2 Å². The molecule has 1 saturated heterocycles. The van der Waals surface area contributed by atoms with Gasteiger partial charge in [0.05, 0.1) is 10.6 Å². The van der Waals surface area contributed by atoms with Crippen LogP contribution in [0.1, 0.15) is 19.3 Å². The minimum Gasteiger partial charge on any atom is -0.313 e. The van der Waals surface area contributed by atoms with Gasteiger partial charge in [-0.15, -0.1) is 12.4 Å². The van der Waals surface area contributed by atoms with Crippen molar-refractivity contribution in [3.8, 4) is 0 Å². The number of halogens is 2. The molecule has 0 aliphatic carbocycles. The zero-order valence-electron chi connectivity index (χ0n) is 9.93. The molecule has 3 nitrogen and oxygen atoms in total. The van der Waals surface area contributed by atoms with Crippen molar-refractivity contribution in [3.05, 3.63) is 29.3 Å². The van der Waals surface area contributed by atoms with Gasteiger partial charge >= 0.3 is 0 Å². The van der Waals surface area contributed by atoms with Crippen molar-refractivity contribution in [1.29, 1.82) is 0 Å². The molecule has 1 heterocycles. The largest absolute Gasteiger partial charge is 0.313 e. The number of hydrogen-bond donors (Lipinski definition) is 1. The third-order valence-electron chi connectivity index (χ3n) is 3.01. The first-order valence-corrected chi connectivity index (χ1v) is 7.83. The Bertz CT molecular complexity index is 467. The highest BCUT2D eigenvalue weighted by Gasteiger charge is 2.22. The van der Waals surface area contributed by atoms with Gasteiger partial charge in [-0.2, -0.15) is 0 Å². The molecule has 1 atom stereocenters. The Balaban J connectivity index is 0.00000162. The van der Waals surface area contributed by atoms with Gasteiger partial charge in [0.2, 0.25) is 0 Å². The van der Waals surface area contributed by atoms with Crippen molar-refractivity contribution in [2.24, 2.45) is 0 Å². The Morgan fingerprint density at radius 3 is 2.44 bits per heavy atom. The van der Waals surface area contributed by atoms with Crippen LogP contribution in [-0.2, 0) is 9.84 Å². The summed E-state index contributed by atoms with van der Waals surface area (Å²) >= 11 is 5.75. The fraction of sp³-hybridized carbons (Fsp3) is 0.500. The number of piperidine rings is 1. The molecule has 0 bridgehead atoms. The number of rotatable bonds is 3. The minimum absolute atomic E-state index is 0. The summed E-state index contributed by atoms with van der Waals surface area (Å²) in [4.78, 5) is 0.356. The van der Waals surface area contributed by atoms with Crippen LogP contribution in [-0.4, -0.2) is 26.8 Å². The Kier molecular flexibility index (Phi) is 5.92. The fourth-order valence-electron chi connectivity index (χ4n) is 2.07. The second-order valence-corrected chi connectivity index (χ2v) is 6.85. The summed E-state index contributed by atoms with van der Waals surface area (Å²) in [5.74, 6) is 0.175. The Morgan fingerprint density at radius 1 is 1.22 bits per heavy atom. The van der Waals surface area contributed by atoms with Gasteiger partial charge in [-0.3, -0.25) is 0 Å². The van der Waals surface area contributed by atoms with E-state index in [0.29, 0.717) is 9.92 Å². The lowest BCUT2D eigenvalue weighted by Crippen LogP contribution is -2.39. The second kappa shape index (κ2) is 6.75. The van der Waals surface area contributed by atoms with Gasteiger partial charge in [0, 0.05) is 11.1 Å². The molecule has 2 rings (SSSR count). The second-order valence-electron chi connectivity index (χ2n) is 4.38. The first-order valence-electron chi connectivity index (χ1n) is 5.80. The van der Waals surface area contributed by atoms with Gasteiger partial charge in [-0.25, -0.2) is 8.42 Å². The van der Waals surface area contributed by atoms with Gasteiger partial charge < -0.3 is 5.32 Å². The molecule has 1 N–H and O–H groups in total. The minimum atomic E-state index is -3.20. The molecule has 6 heteroatoms. The summed E-state index contributed by atoms with van der Waals surface area (Å²) < 4.78 is 24.3. The van der Waals surface area contributed by atoms with Crippen LogP contribution in [0, 0.1) is 0 Å². The highest BCUT2D eigenvalue weighted by atomic mass is 35.5. The van der Waals surface area contributed by atoms with Crippen LogP contribution in [0.5, 0.6) is 0 Å². The molecule has 0 aromatic heterocycles. The van der Waals surface area contributed by atoms with Crippen LogP contribution in [0.25, 0.3) is 0 Å². The van der Waals surface area contributed by atoms with Crippen molar-refractivity contribution in [2.45, 2.75) is 30.2 Å². The maximum Gasteiger partial charge on any atom is 0.179 e. The normalized spacial score (nSPS) is 20.2. The molecule has 1 unspecified atom stereocenters. The van der Waals surface area contributed by atoms with Gasteiger partial charge in [0.15, 0.2) is 9.84 Å². The summed E-state index contributed by atoms with van der Waals surface area (Å²) in [5.41, 5.74) is 0. The van der Waals surface area contributed by atoms with Crippen LogP contribution in [0.15, 0.2) is 29.2 Å². The summed E-state index contributed by atoms with van der Waals surface area (Å²) in [5, 5.41) is 3.81. The van der Waals surface area contributed by atoms with E-state index in [9.17, 15) is 8.42 Å².